The second-order valence-corrected chi connectivity index (χ2v) is 6.73. The lowest BCUT2D eigenvalue weighted by molar-refractivity contribution is -0.131. The third-order valence-corrected chi connectivity index (χ3v) is 5.03. The minimum atomic E-state index is 0.203. The van der Waals surface area contributed by atoms with Gasteiger partial charge in [-0.2, -0.15) is 0 Å². The molecule has 0 atom stereocenters. The van der Waals surface area contributed by atoms with Crippen LogP contribution in [0.5, 0.6) is 0 Å². The Morgan fingerprint density at radius 3 is 2.54 bits per heavy atom. The summed E-state index contributed by atoms with van der Waals surface area (Å²) in [6, 6.07) is 10.9. The van der Waals surface area contributed by atoms with Crippen molar-refractivity contribution < 1.29 is 4.79 Å². The number of carbonyl (C=O) groups is 1. The van der Waals surface area contributed by atoms with Crippen molar-refractivity contribution in [3.8, 4) is 0 Å². The molecule has 0 bridgehead atoms. The summed E-state index contributed by atoms with van der Waals surface area (Å²) in [5.41, 5.74) is 2.38. The molecule has 3 heteroatoms. The minimum absolute atomic E-state index is 0.203. The minimum Gasteiger partial charge on any atom is -0.310 e. The van der Waals surface area contributed by atoms with E-state index >= 15 is 0 Å². The molecule has 0 unspecified atom stereocenters. The molecule has 3 nitrogen and oxygen atoms in total. The maximum Gasteiger partial charge on any atom is 0.226 e. The van der Waals surface area contributed by atoms with Crippen molar-refractivity contribution >= 4 is 5.91 Å². The molecule has 26 heavy (non-hydrogen) atoms. The van der Waals surface area contributed by atoms with E-state index in [2.05, 4.69) is 41.8 Å². The van der Waals surface area contributed by atoms with Crippen LogP contribution in [0.1, 0.15) is 38.7 Å². The number of carbonyl (C=O) groups excluding carboxylic acids is 1. The first-order chi connectivity index (χ1) is 12.7. The predicted molar refractivity (Wildman–Crippen MR) is 110 cm³/mol. The summed E-state index contributed by atoms with van der Waals surface area (Å²) in [5.74, 6) is 0.203. The number of allylic oxidation sites excluding steroid dienone is 4. The average molecular weight is 353 g/mol. The molecule has 0 N–H and O–H groups in total. The molecule has 1 aromatic rings. The molecule has 1 saturated heterocycles. The Morgan fingerprint density at radius 2 is 1.96 bits per heavy atom. The van der Waals surface area contributed by atoms with Crippen LogP contribution in [0.25, 0.3) is 0 Å². The van der Waals surface area contributed by atoms with Crippen LogP contribution in [0, 0.1) is 0 Å². The van der Waals surface area contributed by atoms with Crippen LogP contribution in [-0.4, -0.2) is 41.4 Å². The summed E-state index contributed by atoms with van der Waals surface area (Å²) in [6.45, 7) is 10.9. The van der Waals surface area contributed by atoms with Gasteiger partial charge in [0.1, 0.15) is 0 Å². The Balaban J connectivity index is 1.94. The van der Waals surface area contributed by atoms with E-state index in [1.54, 1.807) is 6.08 Å². The van der Waals surface area contributed by atoms with Gasteiger partial charge in [0.05, 0.1) is 0 Å². The Kier molecular flexibility index (Phi) is 8.36. The lowest BCUT2D eigenvalue weighted by Crippen LogP contribution is -2.47. The molecular formula is C23H32N2O. The smallest absolute Gasteiger partial charge is 0.226 e. The van der Waals surface area contributed by atoms with E-state index in [0.29, 0.717) is 6.42 Å². The number of nitrogens with zero attached hydrogens (tertiary/aromatic N) is 2. The molecule has 1 aliphatic heterocycles. The van der Waals surface area contributed by atoms with Gasteiger partial charge in [-0.15, -0.1) is 0 Å². The van der Waals surface area contributed by atoms with Crippen LogP contribution < -0.4 is 0 Å². The lowest BCUT2D eigenvalue weighted by Gasteiger charge is -2.39. The average Bonchev–Trinajstić information content (AvgIpc) is 2.70. The van der Waals surface area contributed by atoms with Crippen molar-refractivity contribution in [3.63, 3.8) is 0 Å². The zero-order valence-corrected chi connectivity index (χ0v) is 16.2. The number of piperidine rings is 1. The Bertz CT molecular complexity index is 625. The van der Waals surface area contributed by atoms with E-state index in [9.17, 15) is 4.79 Å². The number of rotatable bonds is 8. The van der Waals surface area contributed by atoms with Crippen LogP contribution in [0.2, 0.25) is 0 Å². The maximum atomic E-state index is 12.6. The lowest BCUT2D eigenvalue weighted by atomic mass is 10.0. The third-order valence-electron chi connectivity index (χ3n) is 5.03. The molecule has 0 aliphatic carbocycles. The summed E-state index contributed by atoms with van der Waals surface area (Å²) < 4.78 is 0. The summed E-state index contributed by atoms with van der Waals surface area (Å²) in [6.07, 6.45) is 11.3. The number of amides is 1. The van der Waals surface area contributed by atoms with Crippen LogP contribution >= 0.6 is 0 Å². The van der Waals surface area contributed by atoms with Gasteiger partial charge in [0, 0.05) is 37.8 Å². The molecule has 0 saturated carbocycles. The fourth-order valence-electron chi connectivity index (χ4n) is 3.54. The molecule has 1 aliphatic rings. The van der Waals surface area contributed by atoms with E-state index in [1.807, 2.05) is 37.0 Å². The van der Waals surface area contributed by atoms with Crippen LogP contribution in [0.3, 0.4) is 0 Å². The number of hydrogen-bond donors (Lipinski definition) is 0. The number of likely N-dealkylation sites (tertiary alicyclic amines) is 1. The normalized spacial score (nSPS) is 16.8. The van der Waals surface area contributed by atoms with Crippen molar-refractivity contribution in [2.75, 3.05) is 19.6 Å². The van der Waals surface area contributed by atoms with E-state index < -0.39 is 0 Å². The van der Waals surface area contributed by atoms with Gasteiger partial charge >= 0.3 is 0 Å². The van der Waals surface area contributed by atoms with Crippen molar-refractivity contribution in [2.24, 2.45) is 0 Å². The predicted octanol–water partition coefficient (Wildman–Crippen LogP) is 4.58. The van der Waals surface area contributed by atoms with Gasteiger partial charge in [-0.1, -0.05) is 62.1 Å². The van der Waals surface area contributed by atoms with Crippen LogP contribution in [0.4, 0.5) is 0 Å². The SMILES string of the molecule is C=C/C=C\C(=C/C)N(C(=O)CC)C1CCN(CCc2ccccc2)CC1. The monoisotopic (exact) mass is 352 g/mol. The van der Waals surface area contributed by atoms with Gasteiger partial charge in [-0.05, 0) is 37.8 Å². The topological polar surface area (TPSA) is 23.6 Å². The molecule has 1 heterocycles. The van der Waals surface area contributed by atoms with Crippen molar-refractivity contribution in [1.82, 2.24) is 9.80 Å². The van der Waals surface area contributed by atoms with Gasteiger partial charge in [-0.25, -0.2) is 0 Å². The van der Waals surface area contributed by atoms with E-state index in [4.69, 9.17) is 0 Å². The molecule has 2 rings (SSSR count). The van der Waals surface area contributed by atoms with Crippen molar-refractivity contribution in [1.29, 1.82) is 0 Å². The van der Waals surface area contributed by atoms with E-state index in [0.717, 1.165) is 44.6 Å². The van der Waals surface area contributed by atoms with Crippen molar-refractivity contribution in [3.05, 3.63) is 72.5 Å². The second kappa shape index (κ2) is 10.8. The molecule has 1 aromatic carbocycles. The Hall–Kier alpha value is -2.13. The molecule has 0 aromatic heterocycles. The maximum absolute atomic E-state index is 12.6. The molecule has 140 valence electrons. The second-order valence-electron chi connectivity index (χ2n) is 6.73. The first kappa shape index (κ1) is 20.2. The summed E-state index contributed by atoms with van der Waals surface area (Å²) in [5, 5.41) is 0. The standard InChI is InChI=1S/C23H32N2O/c1-4-7-13-21(5-2)25(23(26)6-3)22-15-18-24(19-16-22)17-14-20-11-9-8-10-12-20/h4-5,7-13,22H,1,6,14-19H2,2-3H3/b13-7-,21-5+. The highest BCUT2D eigenvalue weighted by atomic mass is 16.2. The summed E-state index contributed by atoms with van der Waals surface area (Å²) >= 11 is 0. The van der Waals surface area contributed by atoms with E-state index in [-0.39, 0.29) is 11.9 Å². The zero-order chi connectivity index (χ0) is 18.8. The fraction of sp³-hybridized carbons (Fsp3) is 0.435. The molecular weight excluding hydrogens is 320 g/mol. The zero-order valence-electron chi connectivity index (χ0n) is 16.2. The highest BCUT2D eigenvalue weighted by Crippen LogP contribution is 2.23. The number of hydrogen-bond acceptors (Lipinski definition) is 2. The van der Waals surface area contributed by atoms with Gasteiger partial charge in [-0.3, -0.25) is 4.79 Å². The third kappa shape index (κ3) is 5.70. The molecule has 1 fully saturated rings. The van der Waals surface area contributed by atoms with Gasteiger partial charge in [0.25, 0.3) is 0 Å². The van der Waals surface area contributed by atoms with E-state index in [1.165, 1.54) is 5.56 Å². The first-order valence-corrected chi connectivity index (χ1v) is 9.73. The highest BCUT2D eigenvalue weighted by molar-refractivity contribution is 5.78. The van der Waals surface area contributed by atoms with Gasteiger partial charge < -0.3 is 9.80 Å². The fourth-order valence-corrected chi connectivity index (χ4v) is 3.54. The number of benzene rings is 1. The summed E-state index contributed by atoms with van der Waals surface area (Å²) in [7, 11) is 0. The van der Waals surface area contributed by atoms with Gasteiger partial charge in [0.15, 0.2) is 0 Å². The highest BCUT2D eigenvalue weighted by Gasteiger charge is 2.28. The molecule has 0 radical (unpaired) electrons. The summed E-state index contributed by atoms with van der Waals surface area (Å²) in [4.78, 5) is 17.1. The first-order valence-electron chi connectivity index (χ1n) is 9.73. The largest absolute Gasteiger partial charge is 0.310 e. The van der Waals surface area contributed by atoms with Gasteiger partial charge in [0.2, 0.25) is 5.91 Å². The molecule has 1 amide bonds. The van der Waals surface area contributed by atoms with Crippen LogP contribution in [-0.2, 0) is 11.2 Å². The van der Waals surface area contributed by atoms with Crippen LogP contribution in [0.15, 0.2) is 66.9 Å². The molecule has 0 spiro atoms. The Morgan fingerprint density at radius 1 is 1.27 bits per heavy atom. The van der Waals surface area contributed by atoms with Crippen molar-refractivity contribution in [2.45, 2.75) is 45.6 Å². The quantitative estimate of drug-likeness (QED) is 0.640. The Labute approximate surface area is 158 Å².